The van der Waals surface area contributed by atoms with Gasteiger partial charge in [-0.25, -0.2) is 4.39 Å². The smallest absolute Gasteiger partial charge is 0.129 e. The van der Waals surface area contributed by atoms with E-state index >= 15 is 0 Å². The summed E-state index contributed by atoms with van der Waals surface area (Å²) in [5.41, 5.74) is -0.898. The first kappa shape index (κ1) is 8.66. The third-order valence-electron chi connectivity index (χ3n) is 2.47. The van der Waals surface area contributed by atoms with E-state index in [1.807, 2.05) is 0 Å². The van der Waals surface area contributed by atoms with E-state index in [0.717, 1.165) is 0 Å². The number of hydrogen-bond acceptors (Lipinski definition) is 2. The van der Waals surface area contributed by atoms with Gasteiger partial charge in [-0.3, -0.25) is 0 Å². The van der Waals surface area contributed by atoms with Gasteiger partial charge in [0.25, 0.3) is 0 Å². The monoisotopic (exact) mass is 182 g/mol. The molecule has 0 aromatic heterocycles. The average Bonchev–Trinajstić information content (AvgIpc) is 2.85. The van der Waals surface area contributed by atoms with E-state index in [1.165, 1.54) is 12.1 Å². The van der Waals surface area contributed by atoms with Crippen LogP contribution in [0.2, 0.25) is 0 Å². The van der Waals surface area contributed by atoms with Crippen molar-refractivity contribution in [2.24, 2.45) is 0 Å². The van der Waals surface area contributed by atoms with Crippen LogP contribution in [0.5, 0.6) is 0 Å². The first-order valence-corrected chi connectivity index (χ1v) is 4.28. The molecule has 0 radical (unpaired) electrons. The Morgan fingerprint density at radius 1 is 1.31 bits per heavy atom. The molecule has 13 heavy (non-hydrogen) atoms. The van der Waals surface area contributed by atoms with E-state index in [-0.39, 0.29) is 5.56 Å². The summed E-state index contributed by atoms with van der Waals surface area (Å²) in [7, 11) is 0. The molecule has 0 saturated heterocycles. The van der Waals surface area contributed by atoms with Crippen molar-refractivity contribution >= 4 is 0 Å². The minimum atomic E-state index is -1.09. The molecule has 2 N–H and O–H groups in total. The number of aliphatic hydroxyl groups is 2. The Kier molecular flexibility index (Phi) is 1.86. The van der Waals surface area contributed by atoms with Crippen molar-refractivity contribution in [1.29, 1.82) is 0 Å². The van der Waals surface area contributed by atoms with Crippen LogP contribution in [0.1, 0.15) is 24.5 Å². The van der Waals surface area contributed by atoms with Gasteiger partial charge in [0.05, 0.1) is 5.60 Å². The van der Waals surface area contributed by atoms with E-state index in [9.17, 15) is 14.6 Å². The van der Waals surface area contributed by atoms with Gasteiger partial charge in [0, 0.05) is 5.56 Å². The summed E-state index contributed by atoms with van der Waals surface area (Å²) in [4.78, 5) is 0. The second-order valence-corrected chi connectivity index (χ2v) is 3.53. The standard InChI is InChI=1S/C10H11FO2/c11-8-4-2-1-3-7(8)9(12)10(13)5-6-10/h1-4,9,12-13H,5-6H2. The Balaban J connectivity index is 2.30. The molecule has 0 heterocycles. The Bertz CT molecular complexity index is 320. The summed E-state index contributed by atoms with van der Waals surface area (Å²) < 4.78 is 13.1. The molecule has 1 atom stereocenters. The molecule has 0 bridgehead atoms. The highest BCUT2D eigenvalue weighted by atomic mass is 19.1. The lowest BCUT2D eigenvalue weighted by atomic mass is 10.0. The van der Waals surface area contributed by atoms with Crippen LogP contribution in [0, 0.1) is 5.82 Å². The number of benzene rings is 1. The summed E-state index contributed by atoms with van der Waals surface area (Å²) >= 11 is 0. The lowest BCUT2D eigenvalue weighted by Crippen LogP contribution is -2.20. The third kappa shape index (κ3) is 1.45. The minimum Gasteiger partial charge on any atom is -0.387 e. The molecule has 1 unspecified atom stereocenters. The van der Waals surface area contributed by atoms with Gasteiger partial charge in [-0.2, -0.15) is 0 Å². The van der Waals surface area contributed by atoms with Crippen LogP contribution >= 0.6 is 0 Å². The number of aliphatic hydroxyl groups excluding tert-OH is 1. The topological polar surface area (TPSA) is 40.5 Å². The van der Waals surface area contributed by atoms with E-state index < -0.39 is 17.5 Å². The van der Waals surface area contributed by atoms with Gasteiger partial charge >= 0.3 is 0 Å². The SMILES string of the molecule is OC(c1ccccc1F)C1(O)CC1. The zero-order chi connectivity index (χ0) is 9.47. The third-order valence-corrected chi connectivity index (χ3v) is 2.47. The second kappa shape index (κ2) is 2.79. The molecule has 2 rings (SSSR count). The van der Waals surface area contributed by atoms with Gasteiger partial charge < -0.3 is 10.2 Å². The highest BCUT2D eigenvalue weighted by Gasteiger charge is 2.48. The fraction of sp³-hybridized carbons (Fsp3) is 0.400. The van der Waals surface area contributed by atoms with Crippen LogP contribution in [0.25, 0.3) is 0 Å². The lowest BCUT2D eigenvalue weighted by Gasteiger charge is -2.17. The van der Waals surface area contributed by atoms with Crippen LogP contribution in [-0.4, -0.2) is 15.8 Å². The van der Waals surface area contributed by atoms with Crippen LogP contribution in [0.4, 0.5) is 4.39 Å². The Hall–Kier alpha value is -0.930. The van der Waals surface area contributed by atoms with Gasteiger partial charge in [0.1, 0.15) is 11.9 Å². The molecule has 1 aliphatic carbocycles. The molecule has 1 aromatic rings. The van der Waals surface area contributed by atoms with Gasteiger partial charge in [0.15, 0.2) is 0 Å². The molecule has 0 aliphatic heterocycles. The van der Waals surface area contributed by atoms with Crippen LogP contribution in [0.3, 0.4) is 0 Å². The zero-order valence-corrected chi connectivity index (χ0v) is 7.07. The van der Waals surface area contributed by atoms with Crippen molar-refractivity contribution in [3.8, 4) is 0 Å². The lowest BCUT2D eigenvalue weighted by molar-refractivity contribution is -0.00368. The Morgan fingerprint density at radius 2 is 1.92 bits per heavy atom. The maximum Gasteiger partial charge on any atom is 0.129 e. The van der Waals surface area contributed by atoms with Crippen molar-refractivity contribution in [2.75, 3.05) is 0 Å². The first-order valence-electron chi connectivity index (χ1n) is 4.28. The molecule has 1 aromatic carbocycles. The van der Waals surface area contributed by atoms with Crippen LogP contribution in [0.15, 0.2) is 24.3 Å². The number of hydrogen-bond donors (Lipinski definition) is 2. The van der Waals surface area contributed by atoms with E-state index in [4.69, 9.17) is 0 Å². The quantitative estimate of drug-likeness (QED) is 0.725. The summed E-state index contributed by atoms with van der Waals surface area (Å²) in [6.07, 6.45) is -0.000871. The zero-order valence-electron chi connectivity index (χ0n) is 7.07. The normalized spacial score (nSPS) is 21.2. The molecule has 2 nitrogen and oxygen atoms in total. The summed E-state index contributed by atoms with van der Waals surface area (Å²) in [5, 5.41) is 19.2. The Labute approximate surface area is 75.6 Å². The maximum atomic E-state index is 13.1. The van der Waals surface area contributed by atoms with Gasteiger partial charge in [0.2, 0.25) is 0 Å². The number of rotatable bonds is 2. The van der Waals surface area contributed by atoms with Crippen molar-refractivity contribution in [3.05, 3.63) is 35.6 Å². The van der Waals surface area contributed by atoms with Crippen LogP contribution in [-0.2, 0) is 0 Å². The van der Waals surface area contributed by atoms with Crippen molar-refractivity contribution in [3.63, 3.8) is 0 Å². The van der Waals surface area contributed by atoms with Crippen LogP contribution < -0.4 is 0 Å². The molecule has 70 valence electrons. The first-order chi connectivity index (χ1) is 6.13. The van der Waals surface area contributed by atoms with E-state index in [0.29, 0.717) is 12.8 Å². The molecular weight excluding hydrogens is 171 g/mol. The van der Waals surface area contributed by atoms with Crippen molar-refractivity contribution in [2.45, 2.75) is 24.5 Å². The highest BCUT2D eigenvalue weighted by molar-refractivity contribution is 5.24. The Morgan fingerprint density at radius 3 is 2.46 bits per heavy atom. The van der Waals surface area contributed by atoms with E-state index in [1.54, 1.807) is 12.1 Å². The molecule has 1 aliphatic rings. The largest absolute Gasteiger partial charge is 0.387 e. The maximum absolute atomic E-state index is 13.1. The minimum absolute atomic E-state index is 0.183. The summed E-state index contributed by atoms with van der Waals surface area (Å²) in [5.74, 6) is -0.463. The van der Waals surface area contributed by atoms with Gasteiger partial charge in [-0.15, -0.1) is 0 Å². The molecule has 1 fully saturated rings. The fourth-order valence-corrected chi connectivity index (χ4v) is 1.39. The number of halogens is 1. The van der Waals surface area contributed by atoms with Gasteiger partial charge in [-0.05, 0) is 18.9 Å². The van der Waals surface area contributed by atoms with Crippen molar-refractivity contribution in [1.82, 2.24) is 0 Å². The van der Waals surface area contributed by atoms with Crippen molar-refractivity contribution < 1.29 is 14.6 Å². The second-order valence-electron chi connectivity index (χ2n) is 3.53. The molecule has 0 amide bonds. The summed E-state index contributed by atoms with van der Waals surface area (Å²) in [6, 6.07) is 5.98. The van der Waals surface area contributed by atoms with E-state index in [2.05, 4.69) is 0 Å². The summed E-state index contributed by atoms with van der Waals surface area (Å²) in [6.45, 7) is 0. The molecule has 0 spiro atoms. The fourth-order valence-electron chi connectivity index (χ4n) is 1.39. The predicted molar refractivity (Wildman–Crippen MR) is 45.5 cm³/mol. The molecular formula is C10H11FO2. The average molecular weight is 182 g/mol. The predicted octanol–water partition coefficient (Wildman–Crippen LogP) is 1.38. The molecule has 1 saturated carbocycles. The molecule has 3 heteroatoms. The highest BCUT2D eigenvalue weighted by Crippen LogP contribution is 2.46. The van der Waals surface area contributed by atoms with Gasteiger partial charge in [-0.1, -0.05) is 18.2 Å².